The highest BCUT2D eigenvalue weighted by Gasteiger charge is 2.04. The van der Waals surface area contributed by atoms with E-state index < -0.39 is 6.10 Å². The van der Waals surface area contributed by atoms with Crippen molar-refractivity contribution in [1.29, 1.82) is 0 Å². The van der Waals surface area contributed by atoms with Gasteiger partial charge in [0, 0.05) is 16.4 Å². The average molecular weight is 291 g/mol. The molecule has 0 saturated heterocycles. The minimum absolute atomic E-state index is 0.336. The lowest BCUT2D eigenvalue weighted by molar-refractivity contribution is 0.199. The molecule has 0 saturated carbocycles. The van der Waals surface area contributed by atoms with E-state index >= 15 is 0 Å². The van der Waals surface area contributed by atoms with E-state index in [1.54, 1.807) is 55.5 Å². The highest BCUT2D eigenvalue weighted by molar-refractivity contribution is 6.30. The number of halogens is 1. The Balaban J connectivity index is 1.95. The Morgan fingerprint density at radius 1 is 1.00 bits per heavy atom. The molecule has 20 heavy (non-hydrogen) atoms. The Kier molecular flexibility index (Phi) is 4.61. The van der Waals surface area contributed by atoms with Crippen LogP contribution in [0.15, 0.2) is 48.5 Å². The molecule has 0 aliphatic heterocycles. The van der Waals surface area contributed by atoms with Gasteiger partial charge in [0.15, 0.2) is 0 Å². The molecule has 2 aromatic carbocycles. The number of urea groups is 1. The Morgan fingerprint density at radius 2 is 1.45 bits per heavy atom. The van der Waals surface area contributed by atoms with Crippen molar-refractivity contribution in [2.45, 2.75) is 13.0 Å². The molecule has 0 aromatic heterocycles. The van der Waals surface area contributed by atoms with Crippen molar-refractivity contribution < 1.29 is 9.90 Å². The largest absolute Gasteiger partial charge is 0.389 e. The highest BCUT2D eigenvalue weighted by atomic mass is 35.5. The number of aliphatic hydroxyl groups is 1. The number of benzene rings is 2. The number of hydrogen-bond donors (Lipinski definition) is 3. The van der Waals surface area contributed by atoms with Crippen molar-refractivity contribution in [1.82, 2.24) is 0 Å². The maximum atomic E-state index is 11.8. The summed E-state index contributed by atoms with van der Waals surface area (Å²) < 4.78 is 0. The smallest absolute Gasteiger partial charge is 0.323 e. The molecule has 0 fully saturated rings. The van der Waals surface area contributed by atoms with Crippen LogP contribution in [-0.2, 0) is 0 Å². The van der Waals surface area contributed by atoms with Crippen LogP contribution in [0.2, 0.25) is 5.02 Å². The van der Waals surface area contributed by atoms with E-state index in [4.69, 9.17) is 11.6 Å². The van der Waals surface area contributed by atoms with Crippen LogP contribution in [0.3, 0.4) is 0 Å². The van der Waals surface area contributed by atoms with E-state index in [-0.39, 0.29) is 6.03 Å². The van der Waals surface area contributed by atoms with Crippen molar-refractivity contribution in [3.05, 3.63) is 59.1 Å². The topological polar surface area (TPSA) is 61.4 Å². The fourth-order valence-corrected chi connectivity index (χ4v) is 1.80. The summed E-state index contributed by atoms with van der Waals surface area (Å²) >= 11 is 5.77. The van der Waals surface area contributed by atoms with Crippen molar-refractivity contribution in [2.75, 3.05) is 10.6 Å². The second-order valence-electron chi connectivity index (χ2n) is 4.38. The SMILES string of the molecule is CC(O)c1ccc(NC(=O)Nc2ccc(Cl)cc2)cc1. The van der Waals surface area contributed by atoms with Crippen molar-refractivity contribution in [3.63, 3.8) is 0 Å². The normalized spacial score (nSPS) is 11.8. The summed E-state index contributed by atoms with van der Waals surface area (Å²) in [6, 6.07) is 13.5. The molecule has 0 bridgehead atoms. The minimum Gasteiger partial charge on any atom is -0.389 e. The molecule has 1 atom stereocenters. The van der Waals surface area contributed by atoms with Gasteiger partial charge in [-0.3, -0.25) is 0 Å². The maximum absolute atomic E-state index is 11.8. The summed E-state index contributed by atoms with van der Waals surface area (Å²) in [6.45, 7) is 1.69. The van der Waals surface area contributed by atoms with Crippen LogP contribution >= 0.6 is 11.6 Å². The highest BCUT2D eigenvalue weighted by Crippen LogP contribution is 2.17. The standard InChI is InChI=1S/C15H15ClN2O2/c1-10(19)11-2-6-13(7-3-11)17-15(20)18-14-8-4-12(16)5-9-14/h2-10,19H,1H3,(H2,17,18,20). The van der Waals surface area contributed by atoms with Gasteiger partial charge in [-0.25, -0.2) is 4.79 Å². The van der Waals surface area contributed by atoms with Gasteiger partial charge in [-0.05, 0) is 48.9 Å². The van der Waals surface area contributed by atoms with Gasteiger partial charge >= 0.3 is 6.03 Å². The van der Waals surface area contributed by atoms with Gasteiger partial charge in [-0.1, -0.05) is 23.7 Å². The van der Waals surface area contributed by atoms with Gasteiger partial charge in [0.2, 0.25) is 0 Å². The zero-order valence-corrected chi connectivity index (χ0v) is 11.7. The predicted molar refractivity (Wildman–Crippen MR) is 81.2 cm³/mol. The third-order valence-corrected chi connectivity index (χ3v) is 3.01. The molecule has 2 rings (SSSR count). The number of anilines is 2. The number of nitrogens with one attached hydrogen (secondary N) is 2. The summed E-state index contributed by atoms with van der Waals surface area (Å²) in [6.07, 6.45) is -0.521. The van der Waals surface area contributed by atoms with E-state index in [1.807, 2.05) is 0 Å². The van der Waals surface area contributed by atoms with Crippen LogP contribution in [0.4, 0.5) is 16.2 Å². The predicted octanol–water partition coefficient (Wildman–Crippen LogP) is 4.04. The summed E-state index contributed by atoms with van der Waals surface area (Å²) in [5.41, 5.74) is 2.11. The van der Waals surface area contributed by atoms with Crippen LogP contribution in [0.1, 0.15) is 18.6 Å². The van der Waals surface area contributed by atoms with Crippen LogP contribution in [-0.4, -0.2) is 11.1 Å². The quantitative estimate of drug-likeness (QED) is 0.799. The Labute approximate surface area is 122 Å². The van der Waals surface area contributed by atoms with Crippen molar-refractivity contribution in [2.24, 2.45) is 0 Å². The molecular formula is C15H15ClN2O2. The zero-order valence-electron chi connectivity index (χ0n) is 10.9. The van der Waals surface area contributed by atoms with Crippen molar-refractivity contribution >= 4 is 29.0 Å². The first-order valence-electron chi connectivity index (χ1n) is 6.16. The number of carbonyl (C=O) groups is 1. The number of aliphatic hydroxyl groups excluding tert-OH is 1. The molecule has 104 valence electrons. The summed E-state index contributed by atoms with van der Waals surface area (Å²) in [5.74, 6) is 0. The number of carbonyl (C=O) groups excluding carboxylic acids is 1. The van der Waals surface area contributed by atoms with Gasteiger partial charge in [0.1, 0.15) is 0 Å². The average Bonchev–Trinajstić information content (AvgIpc) is 2.42. The monoisotopic (exact) mass is 290 g/mol. The zero-order chi connectivity index (χ0) is 14.5. The fourth-order valence-electron chi connectivity index (χ4n) is 1.67. The Bertz CT molecular complexity index is 580. The van der Waals surface area contributed by atoms with Crippen LogP contribution in [0, 0.1) is 0 Å². The number of amides is 2. The second kappa shape index (κ2) is 6.41. The number of hydrogen-bond acceptors (Lipinski definition) is 2. The summed E-state index contributed by atoms with van der Waals surface area (Å²) in [5, 5.41) is 15.4. The first kappa shape index (κ1) is 14.4. The van der Waals surface area contributed by atoms with Crippen LogP contribution in [0.5, 0.6) is 0 Å². The van der Waals surface area contributed by atoms with E-state index in [2.05, 4.69) is 10.6 Å². The molecule has 4 nitrogen and oxygen atoms in total. The van der Waals surface area contributed by atoms with E-state index in [1.165, 1.54) is 0 Å². The van der Waals surface area contributed by atoms with Gasteiger partial charge in [-0.15, -0.1) is 0 Å². The first-order chi connectivity index (χ1) is 9.54. The summed E-state index contributed by atoms with van der Waals surface area (Å²) in [4.78, 5) is 11.8. The van der Waals surface area contributed by atoms with Crippen LogP contribution < -0.4 is 10.6 Å². The molecule has 0 heterocycles. The lowest BCUT2D eigenvalue weighted by Crippen LogP contribution is -2.19. The molecule has 0 aliphatic carbocycles. The van der Waals surface area contributed by atoms with Crippen LogP contribution in [0.25, 0.3) is 0 Å². The maximum Gasteiger partial charge on any atom is 0.323 e. The third-order valence-electron chi connectivity index (χ3n) is 2.75. The second-order valence-corrected chi connectivity index (χ2v) is 4.82. The third kappa shape index (κ3) is 3.98. The Hall–Kier alpha value is -2.04. The molecule has 0 aliphatic rings. The molecule has 2 aromatic rings. The van der Waals surface area contributed by atoms with Gasteiger partial charge in [-0.2, -0.15) is 0 Å². The van der Waals surface area contributed by atoms with Gasteiger partial charge < -0.3 is 15.7 Å². The van der Waals surface area contributed by atoms with Gasteiger partial charge in [0.25, 0.3) is 0 Å². The first-order valence-corrected chi connectivity index (χ1v) is 6.54. The molecular weight excluding hydrogens is 276 g/mol. The van der Waals surface area contributed by atoms with E-state index in [0.29, 0.717) is 16.4 Å². The molecule has 0 spiro atoms. The minimum atomic E-state index is -0.521. The molecule has 2 amide bonds. The molecule has 5 heteroatoms. The fraction of sp³-hybridized carbons (Fsp3) is 0.133. The summed E-state index contributed by atoms with van der Waals surface area (Å²) in [7, 11) is 0. The van der Waals surface area contributed by atoms with Gasteiger partial charge in [0.05, 0.1) is 6.10 Å². The van der Waals surface area contributed by atoms with Crippen molar-refractivity contribution in [3.8, 4) is 0 Å². The lowest BCUT2D eigenvalue weighted by Gasteiger charge is -2.09. The Morgan fingerprint density at radius 3 is 1.90 bits per heavy atom. The lowest BCUT2D eigenvalue weighted by atomic mass is 10.1. The van der Waals surface area contributed by atoms with E-state index in [0.717, 1.165) is 5.56 Å². The van der Waals surface area contributed by atoms with E-state index in [9.17, 15) is 9.90 Å². The molecule has 1 unspecified atom stereocenters. The molecule has 0 radical (unpaired) electrons. The molecule has 3 N–H and O–H groups in total. The number of rotatable bonds is 3.